The summed E-state index contributed by atoms with van der Waals surface area (Å²) in [5.41, 5.74) is 6.11. The first-order valence-corrected chi connectivity index (χ1v) is 8.14. The quantitative estimate of drug-likeness (QED) is 0.884. The van der Waals surface area contributed by atoms with Crippen molar-refractivity contribution in [3.8, 4) is 0 Å². The van der Waals surface area contributed by atoms with E-state index in [2.05, 4.69) is 5.32 Å². The van der Waals surface area contributed by atoms with Crippen LogP contribution in [0.3, 0.4) is 0 Å². The SMILES string of the molecule is NC(=O)c1ccc(NC2CCCS(=O)(=O)C2)cc1Cl. The number of carbonyl (C=O) groups is 1. The highest BCUT2D eigenvalue weighted by atomic mass is 35.5. The van der Waals surface area contributed by atoms with Gasteiger partial charge in [0.25, 0.3) is 0 Å². The maximum absolute atomic E-state index is 11.5. The zero-order valence-electron chi connectivity index (χ0n) is 10.2. The van der Waals surface area contributed by atoms with Gasteiger partial charge in [0.1, 0.15) is 0 Å². The summed E-state index contributed by atoms with van der Waals surface area (Å²) in [6, 6.07) is 4.68. The molecule has 0 saturated carbocycles. The van der Waals surface area contributed by atoms with Gasteiger partial charge < -0.3 is 11.1 Å². The number of anilines is 1. The van der Waals surface area contributed by atoms with Crippen LogP contribution in [0.25, 0.3) is 0 Å². The van der Waals surface area contributed by atoms with E-state index in [-0.39, 0.29) is 28.1 Å². The molecule has 1 atom stereocenters. The third-order valence-corrected chi connectivity index (χ3v) is 5.20. The maximum atomic E-state index is 11.5. The van der Waals surface area contributed by atoms with Crippen molar-refractivity contribution < 1.29 is 13.2 Å². The van der Waals surface area contributed by atoms with Gasteiger partial charge in [-0.3, -0.25) is 4.79 Å². The molecule has 1 aliphatic rings. The second kappa shape index (κ2) is 5.38. The molecule has 5 nitrogen and oxygen atoms in total. The van der Waals surface area contributed by atoms with Crippen molar-refractivity contribution in [1.29, 1.82) is 0 Å². The van der Waals surface area contributed by atoms with Crippen LogP contribution in [-0.2, 0) is 9.84 Å². The van der Waals surface area contributed by atoms with Gasteiger partial charge in [0, 0.05) is 11.7 Å². The van der Waals surface area contributed by atoms with Crippen molar-refractivity contribution in [3.05, 3.63) is 28.8 Å². The lowest BCUT2D eigenvalue weighted by Gasteiger charge is -2.24. The Hall–Kier alpha value is -1.27. The topological polar surface area (TPSA) is 89.3 Å². The first kappa shape index (κ1) is 14.1. The molecule has 0 spiro atoms. The fourth-order valence-corrected chi connectivity index (χ4v) is 4.09. The fraction of sp³-hybridized carbons (Fsp3) is 0.417. The molecular weight excluding hydrogens is 288 g/mol. The van der Waals surface area contributed by atoms with Crippen molar-refractivity contribution in [2.24, 2.45) is 5.73 Å². The van der Waals surface area contributed by atoms with E-state index < -0.39 is 15.7 Å². The van der Waals surface area contributed by atoms with Crippen molar-refractivity contribution in [3.63, 3.8) is 0 Å². The summed E-state index contributed by atoms with van der Waals surface area (Å²) in [4.78, 5) is 11.0. The van der Waals surface area contributed by atoms with Crippen LogP contribution < -0.4 is 11.1 Å². The second-order valence-electron chi connectivity index (χ2n) is 4.66. The Morgan fingerprint density at radius 1 is 1.42 bits per heavy atom. The lowest BCUT2D eigenvalue weighted by molar-refractivity contribution is 0.100. The largest absolute Gasteiger partial charge is 0.381 e. The number of halogens is 1. The molecule has 0 bridgehead atoms. The Morgan fingerprint density at radius 3 is 2.74 bits per heavy atom. The van der Waals surface area contributed by atoms with Gasteiger partial charge >= 0.3 is 0 Å². The Kier molecular flexibility index (Phi) is 4.01. The standard InChI is InChI=1S/C12H15ClN2O3S/c13-11-6-8(3-4-10(11)12(14)16)15-9-2-1-5-19(17,18)7-9/h3-4,6,9,15H,1-2,5,7H2,(H2,14,16). The van der Waals surface area contributed by atoms with Crippen molar-refractivity contribution in [1.82, 2.24) is 0 Å². The molecule has 1 aliphatic heterocycles. The molecule has 3 N–H and O–H groups in total. The number of nitrogens with one attached hydrogen (secondary N) is 1. The van der Waals surface area contributed by atoms with E-state index in [4.69, 9.17) is 17.3 Å². The summed E-state index contributed by atoms with van der Waals surface area (Å²) < 4.78 is 23.1. The first-order valence-electron chi connectivity index (χ1n) is 5.94. The smallest absolute Gasteiger partial charge is 0.250 e. The maximum Gasteiger partial charge on any atom is 0.250 e. The molecule has 0 radical (unpaired) electrons. The number of rotatable bonds is 3. The van der Waals surface area contributed by atoms with Gasteiger partial charge in [-0.25, -0.2) is 8.42 Å². The molecule has 2 rings (SSSR count). The molecule has 0 aliphatic carbocycles. The van der Waals surface area contributed by atoms with E-state index in [0.29, 0.717) is 12.1 Å². The molecule has 1 aromatic carbocycles. The van der Waals surface area contributed by atoms with Gasteiger partial charge in [0.15, 0.2) is 9.84 Å². The zero-order chi connectivity index (χ0) is 14.0. The summed E-state index contributed by atoms with van der Waals surface area (Å²) in [6.45, 7) is 0. The Morgan fingerprint density at radius 2 is 2.16 bits per heavy atom. The van der Waals surface area contributed by atoms with E-state index in [9.17, 15) is 13.2 Å². The van der Waals surface area contributed by atoms with Crippen molar-refractivity contribution in [2.45, 2.75) is 18.9 Å². The molecule has 0 aromatic heterocycles. The van der Waals surface area contributed by atoms with E-state index in [0.717, 1.165) is 6.42 Å². The zero-order valence-corrected chi connectivity index (χ0v) is 11.8. The number of primary amides is 1. The Labute approximate surface area is 117 Å². The molecular formula is C12H15ClN2O3S. The number of hydrogen-bond donors (Lipinski definition) is 2. The van der Waals surface area contributed by atoms with Crippen LogP contribution in [0.15, 0.2) is 18.2 Å². The van der Waals surface area contributed by atoms with Crippen LogP contribution in [0.5, 0.6) is 0 Å². The van der Waals surface area contributed by atoms with E-state index in [1.165, 1.54) is 6.07 Å². The van der Waals surface area contributed by atoms with Gasteiger partial charge in [-0.1, -0.05) is 11.6 Å². The normalized spacial score (nSPS) is 21.8. The third kappa shape index (κ3) is 3.61. The number of nitrogens with two attached hydrogens (primary N) is 1. The van der Waals surface area contributed by atoms with Crippen LogP contribution in [0, 0.1) is 0 Å². The Bertz CT molecular complexity index is 601. The minimum absolute atomic E-state index is 0.116. The number of carbonyl (C=O) groups excluding carboxylic acids is 1. The third-order valence-electron chi connectivity index (χ3n) is 3.07. The number of benzene rings is 1. The molecule has 7 heteroatoms. The monoisotopic (exact) mass is 302 g/mol. The summed E-state index contributed by atoms with van der Waals surface area (Å²) >= 11 is 5.94. The minimum atomic E-state index is -2.95. The highest BCUT2D eigenvalue weighted by Gasteiger charge is 2.24. The van der Waals surface area contributed by atoms with Gasteiger partial charge in [0.05, 0.1) is 22.1 Å². The molecule has 19 heavy (non-hydrogen) atoms. The van der Waals surface area contributed by atoms with E-state index in [1.807, 2.05) is 0 Å². The first-order chi connectivity index (χ1) is 8.87. The van der Waals surface area contributed by atoms with Crippen LogP contribution in [0.4, 0.5) is 5.69 Å². The van der Waals surface area contributed by atoms with Gasteiger partial charge in [0.2, 0.25) is 5.91 Å². The van der Waals surface area contributed by atoms with Crippen LogP contribution >= 0.6 is 11.6 Å². The fourth-order valence-electron chi connectivity index (χ4n) is 2.18. The molecule has 1 amide bonds. The molecule has 104 valence electrons. The second-order valence-corrected chi connectivity index (χ2v) is 7.29. The van der Waals surface area contributed by atoms with Crippen LogP contribution in [0.1, 0.15) is 23.2 Å². The van der Waals surface area contributed by atoms with E-state index >= 15 is 0 Å². The predicted octanol–water partition coefficient (Wildman–Crippen LogP) is 1.43. The molecule has 1 unspecified atom stereocenters. The summed E-state index contributed by atoms with van der Waals surface area (Å²) in [7, 11) is -2.95. The van der Waals surface area contributed by atoms with Gasteiger partial charge in [-0.05, 0) is 31.0 Å². The minimum Gasteiger partial charge on any atom is -0.381 e. The molecule has 1 heterocycles. The van der Waals surface area contributed by atoms with Gasteiger partial charge in [-0.15, -0.1) is 0 Å². The molecule has 1 fully saturated rings. The summed E-state index contributed by atoms with van der Waals surface area (Å²) in [5.74, 6) is -0.203. The lowest BCUT2D eigenvalue weighted by atomic mass is 10.1. The molecule has 1 aromatic rings. The van der Waals surface area contributed by atoms with Gasteiger partial charge in [-0.2, -0.15) is 0 Å². The number of amides is 1. The number of sulfone groups is 1. The Balaban J connectivity index is 2.11. The summed E-state index contributed by atoms with van der Waals surface area (Å²) in [6.07, 6.45) is 1.46. The highest BCUT2D eigenvalue weighted by molar-refractivity contribution is 7.91. The number of hydrogen-bond acceptors (Lipinski definition) is 4. The van der Waals surface area contributed by atoms with E-state index in [1.54, 1.807) is 12.1 Å². The molecule has 1 saturated heterocycles. The van der Waals surface area contributed by atoms with Crippen LogP contribution in [-0.4, -0.2) is 31.9 Å². The van der Waals surface area contributed by atoms with Crippen molar-refractivity contribution in [2.75, 3.05) is 16.8 Å². The van der Waals surface area contributed by atoms with Crippen LogP contribution in [0.2, 0.25) is 5.02 Å². The highest BCUT2D eigenvalue weighted by Crippen LogP contribution is 2.23. The average Bonchev–Trinajstić information content (AvgIpc) is 2.27. The summed E-state index contributed by atoms with van der Waals surface area (Å²) in [5, 5.41) is 3.39. The lowest BCUT2D eigenvalue weighted by Crippen LogP contribution is -2.34. The van der Waals surface area contributed by atoms with Crippen molar-refractivity contribution >= 4 is 33.0 Å². The predicted molar refractivity (Wildman–Crippen MR) is 75.3 cm³/mol. The average molecular weight is 303 g/mol.